The highest BCUT2D eigenvalue weighted by Gasteiger charge is 2.23. The van der Waals surface area contributed by atoms with Crippen molar-refractivity contribution in [1.29, 1.82) is 0 Å². The standard InChI is InChI=1S/C16H14ClN3S/c17-11-3-1-4-12(9-11)20-16-14(6-7-18-16)15(19-20)10-13-5-2-8-21-13/h1-5,8-9,18H,6-7,10H2. The van der Waals surface area contributed by atoms with Gasteiger partial charge in [-0.05, 0) is 36.1 Å². The van der Waals surface area contributed by atoms with E-state index >= 15 is 0 Å². The van der Waals surface area contributed by atoms with Crippen LogP contribution in [0.25, 0.3) is 5.69 Å². The number of thiophene rings is 1. The van der Waals surface area contributed by atoms with E-state index in [0.717, 1.165) is 41.6 Å². The highest BCUT2D eigenvalue weighted by Crippen LogP contribution is 2.31. The maximum absolute atomic E-state index is 6.11. The fourth-order valence-electron chi connectivity index (χ4n) is 2.76. The summed E-state index contributed by atoms with van der Waals surface area (Å²) in [5.41, 5.74) is 3.51. The molecule has 3 nitrogen and oxygen atoms in total. The molecule has 106 valence electrons. The van der Waals surface area contributed by atoms with Crippen molar-refractivity contribution in [1.82, 2.24) is 9.78 Å². The first-order valence-electron chi connectivity index (χ1n) is 6.94. The summed E-state index contributed by atoms with van der Waals surface area (Å²) < 4.78 is 1.98. The minimum absolute atomic E-state index is 0.731. The van der Waals surface area contributed by atoms with Crippen molar-refractivity contribution >= 4 is 28.8 Å². The Balaban J connectivity index is 1.79. The van der Waals surface area contributed by atoms with Crippen molar-refractivity contribution in [3.63, 3.8) is 0 Å². The van der Waals surface area contributed by atoms with Gasteiger partial charge in [-0.3, -0.25) is 0 Å². The number of hydrogen-bond acceptors (Lipinski definition) is 3. The van der Waals surface area contributed by atoms with Gasteiger partial charge in [-0.2, -0.15) is 5.10 Å². The topological polar surface area (TPSA) is 29.9 Å². The van der Waals surface area contributed by atoms with E-state index in [4.69, 9.17) is 16.7 Å². The van der Waals surface area contributed by atoms with E-state index in [2.05, 4.69) is 22.8 Å². The van der Waals surface area contributed by atoms with E-state index in [1.807, 2.05) is 28.9 Å². The smallest absolute Gasteiger partial charge is 0.133 e. The second kappa shape index (κ2) is 5.20. The Morgan fingerprint density at radius 3 is 3.05 bits per heavy atom. The van der Waals surface area contributed by atoms with Crippen molar-refractivity contribution in [3.8, 4) is 5.69 Å². The Morgan fingerprint density at radius 2 is 2.24 bits per heavy atom. The molecular weight excluding hydrogens is 302 g/mol. The van der Waals surface area contributed by atoms with E-state index in [9.17, 15) is 0 Å². The van der Waals surface area contributed by atoms with Gasteiger partial charge in [0.1, 0.15) is 5.82 Å². The van der Waals surface area contributed by atoms with Gasteiger partial charge in [0.05, 0.1) is 11.4 Å². The van der Waals surface area contributed by atoms with Crippen LogP contribution in [0.3, 0.4) is 0 Å². The van der Waals surface area contributed by atoms with Gasteiger partial charge in [0.25, 0.3) is 0 Å². The predicted octanol–water partition coefficient (Wildman–Crippen LogP) is 4.15. The molecule has 0 amide bonds. The van der Waals surface area contributed by atoms with Crippen molar-refractivity contribution in [2.24, 2.45) is 0 Å². The molecule has 3 heterocycles. The van der Waals surface area contributed by atoms with Crippen LogP contribution in [0.2, 0.25) is 5.02 Å². The molecule has 1 aliphatic heterocycles. The second-order valence-electron chi connectivity index (χ2n) is 5.10. The van der Waals surface area contributed by atoms with Crippen LogP contribution in [0.4, 0.5) is 5.82 Å². The minimum Gasteiger partial charge on any atom is -0.369 e. The van der Waals surface area contributed by atoms with Gasteiger partial charge in [-0.15, -0.1) is 11.3 Å². The van der Waals surface area contributed by atoms with Gasteiger partial charge >= 0.3 is 0 Å². The molecule has 3 aromatic rings. The molecule has 5 heteroatoms. The Kier molecular flexibility index (Phi) is 3.20. The molecule has 1 aliphatic rings. The molecule has 0 bridgehead atoms. The number of halogens is 1. The number of nitrogens with one attached hydrogen (secondary N) is 1. The van der Waals surface area contributed by atoms with Crippen LogP contribution < -0.4 is 5.32 Å². The number of benzene rings is 1. The van der Waals surface area contributed by atoms with Gasteiger partial charge in [0.15, 0.2) is 0 Å². The lowest BCUT2D eigenvalue weighted by molar-refractivity contribution is 0.842. The number of anilines is 1. The molecule has 0 radical (unpaired) electrons. The van der Waals surface area contributed by atoms with Gasteiger partial charge in [-0.1, -0.05) is 23.7 Å². The molecule has 21 heavy (non-hydrogen) atoms. The molecule has 1 aromatic carbocycles. The first kappa shape index (κ1) is 12.9. The largest absolute Gasteiger partial charge is 0.369 e. The molecule has 0 aliphatic carbocycles. The lowest BCUT2D eigenvalue weighted by atomic mass is 10.1. The number of aromatic nitrogens is 2. The second-order valence-corrected chi connectivity index (χ2v) is 6.57. The van der Waals surface area contributed by atoms with E-state index < -0.39 is 0 Å². The maximum Gasteiger partial charge on any atom is 0.133 e. The third-order valence-corrected chi connectivity index (χ3v) is 4.82. The highest BCUT2D eigenvalue weighted by atomic mass is 35.5. The lowest BCUT2D eigenvalue weighted by Crippen LogP contribution is -2.05. The molecular formula is C16H14ClN3S. The van der Waals surface area contributed by atoms with Crippen LogP contribution in [0.15, 0.2) is 41.8 Å². The highest BCUT2D eigenvalue weighted by molar-refractivity contribution is 7.09. The maximum atomic E-state index is 6.11. The fourth-order valence-corrected chi connectivity index (χ4v) is 3.65. The third-order valence-electron chi connectivity index (χ3n) is 3.71. The molecule has 0 fully saturated rings. The minimum atomic E-state index is 0.731. The summed E-state index contributed by atoms with van der Waals surface area (Å²) in [4.78, 5) is 1.35. The van der Waals surface area contributed by atoms with Gasteiger partial charge < -0.3 is 5.32 Å². The summed E-state index contributed by atoms with van der Waals surface area (Å²) in [5, 5.41) is 11.1. The Morgan fingerprint density at radius 1 is 1.29 bits per heavy atom. The molecule has 0 saturated carbocycles. The van der Waals surface area contributed by atoms with E-state index in [0.29, 0.717) is 0 Å². The van der Waals surface area contributed by atoms with Crippen LogP contribution in [0.5, 0.6) is 0 Å². The third kappa shape index (κ3) is 2.34. The number of nitrogens with zero attached hydrogens (tertiary/aromatic N) is 2. The molecule has 2 aromatic heterocycles. The average molecular weight is 316 g/mol. The van der Waals surface area contributed by atoms with Gasteiger partial charge in [0.2, 0.25) is 0 Å². The molecule has 0 atom stereocenters. The fraction of sp³-hybridized carbons (Fsp3) is 0.188. The predicted molar refractivity (Wildman–Crippen MR) is 87.9 cm³/mol. The summed E-state index contributed by atoms with van der Waals surface area (Å²) in [5.74, 6) is 1.11. The summed E-state index contributed by atoms with van der Waals surface area (Å²) in [6.45, 7) is 0.977. The molecule has 1 N–H and O–H groups in total. The van der Waals surface area contributed by atoms with Gasteiger partial charge in [-0.25, -0.2) is 4.68 Å². The quantitative estimate of drug-likeness (QED) is 0.787. The van der Waals surface area contributed by atoms with E-state index in [1.165, 1.54) is 10.4 Å². The molecule has 4 rings (SSSR count). The van der Waals surface area contributed by atoms with Crippen LogP contribution in [-0.4, -0.2) is 16.3 Å². The normalized spacial score (nSPS) is 13.2. The number of rotatable bonds is 3. The van der Waals surface area contributed by atoms with E-state index in [-0.39, 0.29) is 0 Å². The average Bonchev–Trinajstić information content (AvgIpc) is 3.18. The summed E-state index contributed by atoms with van der Waals surface area (Å²) in [7, 11) is 0. The lowest BCUT2D eigenvalue weighted by Gasteiger charge is -2.06. The zero-order chi connectivity index (χ0) is 14.2. The first-order chi connectivity index (χ1) is 10.3. The molecule has 0 saturated heterocycles. The van der Waals surface area contributed by atoms with Crippen molar-refractivity contribution in [3.05, 3.63) is 62.9 Å². The Labute approximate surface area is 132 Å². The summed E-state index contributed by atoms with van der Waals surface area (Å²) in [6, 6.07) is 12.1. The van der Waals surface area contributed by atoms with Crippen molar-refractivity contribution < 1.29 is 0 Å². The van der Waals surface area contributed by atoms with Crippen LogP contribution in [0.1, 0.15) is 16.1 Å². The molecule has 0 unspecified atom stereocenters. The Bertz CT molecular complexity index is 777. The zero-order valence-electron chi connectivity index (χ0n) is 11.3. The summed E-state index contributed by atoms with van der Waals surface area (Å²) in [6.07, 6.45) is 1.94. The van der Waals surface area contributed by atoms with Crippen LogP contribution in [0, 0.1) is 0 Å². The first-order valence-corrected chi connectivity index (χ1v) is 8.20. The molecule has 0 spiro atoms. The SMILES string of the molecule is Clc1cccc(-n2nc(Cc3cccs3)c3c2NCC3)c1. The van der Waals surface area contributed by atoms with Crippen LogP contribution >= 0.6 is 22.9 Å². The zero-order valence-corrected chi connectivity index (χ0v) is 12.9. The van der Waals surface area contributed by atoms with Crippen molar-refractivity contribution in [2.45, 2.75) is 12.8 Å². The van der Waals surface area contributed by atoms with Crippen LogP contribution in [-0.2, 0) is 12.8 Å². The number of hydrogen-bond donors (Lipinski definition) is 1. The summed E-state index contributed by atoms with van der Waals surface area (Å²) >= 11 is 7.89. The van der Waals surface area contributed by atoms with E-state index in [1.54, 1.807) is 11.3 Å². The monoisotopic (exact) mass is 315 g/mol. The number of fused-ring (bicyclic) bond motifs is 1. The van der Waals surface area contributed by atoms with Gasteiger partial charge in [0, 0.05) is 28.4 Å². The Hall–Kier alpha value is -1.78. The van der Waals surface area contributed by atoms with Crippen molar-refractivity contribution in [2.75, 3.05) is 11.9 Å².